The number of aromatic carboxylic acids is 1. The lowest BCUT2D eigenvalue weighted by Gasteiger charge is -2.26. The molecule has 1 unspecified atom stereocenters. The summed E-state index contributed by atoms with van der Waals surface area (Å²) in [5, 5.41) is 18.0. The summed E-state index contributed by atoms with van der Waals surface area (Å²) in [5.41, 5.74) is 0.867. The maximum absolute atomic E-state index is 10.9. The Bertz CT molecular complexity index is 351. The summed E-state index contributed by atoms with van der Waals surface area (Å²) in [6, 6.07) is 6.64. The van der Waals surface area contributed by atoms with Crippen LogP contribution < -0.4 is 4.90 Å². The molecule has 2 N–H and O–H groups in total. The van der Waals surface area contributed by atoms with Gasteiger partial charge in [-0.2, -0.15) is 0 Å². The third-order valence-corrected chi connectivity index (χ3v) is 2.44. The van der Waals surface area contributed by atoms with Crippen LogP contribution in [0.2, 0.25) is 0 Å². The molecule has 1 rings (SSSR count). The van der Waals surface area contributed by atoms with Crippen LogP contribution >= 0.6 is 0 Å². The zero-order valence-electron chi connectivity index (χ0n) is 8.84. The van der Waals surface area contributed by atoms with Gasteiger partial charge in [-0.1, -0.05) is 12.1 Å². The van der Waals surface area contributed by atoms with E-state index in [4.69, 9.17) is 10.2 Å². The van der Waals surface area contributed by atoms with E-state index in [1.54, 1.807) is 36.2 Å². The number of carbonyl (C=O) groups is 1. The molecular formula is C11H15NO3. The fourth-order valence-corrected chi connectivity index (χ4v) is 1.32. The van der Waals surface area contributed by atoms with Crippen molar-refractivity contribution in [2.75, 3.05) is 18.6 Å². The van der Waals surface area contributed by atoms with Gasteiger partial charge in [-0.25, -0.2) is 4.79 Å². The van der Waals surface area contributed by atoms with Crippen molar-refractivity contribution in [1.29, 1.82) is 0 Å². The summed E-state index contributed by atoms with van der Waals surface area (Å²) in [7, 11) is 1.77. The van der Waals surface area contributed by atoms with E-state index < -0.39 is 5.97 Å². The second-order valence-electron chi connectivity index (χ2n) is 3.46. The highest BCUT2D eigenvalue weighted by atomic mass is 16.4. The maximum Gasteiger partial charge on any atom is 0.337 e. The van der Waals surface area contributed by atoms with Gasteiger partial charge in [0.2, 0.25) is 0 Å². The second-order valence-corrected chi connectivity index (χ2v) is 3.46. The Morgan fingerprint density at radius 3 is 2.60 bits per heavy atom. The fourth-order valence-electron chi connectivity index (χ4n) is 1.32. The van der Waals surface area contributed by atoms with E-state index in [-0.39, 0.29) is 18.2 Å². The number of benzene rings is 1. The highest BCUT2D eigenvalue weighted by molar-refractivity contribution is 5.94. The number of aliphatic hydroxyl groups is 1. The molecule has 0 aliphatic rings. The average Bonchev–Trinajstić information content (AvgIpc) is 2.27. The lowest BCUT2D eigenvalue weighted by atomic mass is 10.1. The molecular weight excluding hydrogens is 194 g/mol. The molecule has 1 atom stereocenters. The van der Waals surface area contributed by atoms with Crippen LogP contribution in [0.5, 0.6) is 0 Å². The molecule has 0 amide bonds. The summed E-state index contributed by atoms with van der Waals surface area (Å²) in [4.78, 5) is 12.7. The first-order chi connectivity index (χ1) is 7.07. The number of nitrogens with zero attached hydrogens (tertiary/aromatic N) is 1. The van der Waals surface area contributed by atoms with Crippen molar-refractivity contribution in [1.82, 2.24) is 0 Å². The van der Waals surface area contributed by atoms with Crippen molar-refractivity contribution in [3.8, 4) is 0 Å². The first kappa shape index (κ1) is 11.5. The molecule has 4 nitrogen and oxygen atoms in total. The summed E-state index contributed by atoms with van der Waals surface area (Å²) in [6.45, 7) is 1.82. The van der Waals surface area contributed by atoms with E-state index in [0.717, 1.165) is 0 Å². The molecule has 0 aliphatic carbocycles. The van der Waals surface area contributed by atoms with Crippen LogP contribution in [0.25, 0.3) is 0 Å². The Balaban J connectivity index is 3.07. The number of carboxylic acid groups (broad SMARTS) is 1. The number of para-hydroxylation sites is 1. The van der Waals surface area contributed by atoms with Gasteiger partial charge in [-0.3, -0.25) is 0 Å². The third kappa shape index (κ3) is 2.47. The zero-order valence-corrected chi connectivity index (χ0v) is 8.84. The minimum absolute atomic E-state index is 0.00947. The van der Waals surface area contributed by atoms with Gasteiger partial charge in [-0.15, -0.1) is 0 Å². The predicted octanol–water partition coefficient (Wildman–Crippen LogP) is 1.20. The number of hydrogen-bond donors (Lipinski definition) is 2. The SMILES string of the molecule is CC(CO)N(C)c1ccccc1C(=O)O. The monoisotopic (exact) mass is 209 g/mol. The highest BCUT2D eigenvalue weighted by Gasteiger charge is 2.15. The molecule has 0 spiro atoms. The maximum atomic E-state index is 10.9. The Morgan fingerprint density at radius 2 is 2.07 bits per heavy atom. The fraction of sp³-hybridized carbons (Fsp3) is 0.364. The molecule has 0 heterocycles. The summed E-state index contributed by atoms with van der Waals surface area (Å²) in [6.07, 6.45) is 0. The minimum Gasteiger partial charge on any atom is -0.478 e. The highest BCUT2D eigenvalue weighted by Crippen LogP contribution is 2.20. The van der Waals surface area contributed by atoms with Gasteiger partial charge in [-0.05, 0) is 19.1 Å². The standard InChI is InChI=1S/C11H15NO3/c1-8(7-13)12(2)10-6-4-3-5-9(10)11(14)15/h3-6,8,13H,7H2,1-2H3,(H,14,15). The molecule has 0 saturated heterocycles. The predicted molar refractivity (Wildman–Crippen MR) is 58.4 cm³/mol. The molecule has 15 heavy (non-hydrogen) atoms. The van der Waals surface area contributed by atoms with Crippen molar-refractivity contribution in [2.45, 2.75) is 13.0 Å². The van der Waals surface area contributed by atoms with Crippen molar-refractivity contribution < 1.29 is 15.0 Å². The first-order valence-electron chi connectivity index (χ1n) is 4.74. The first-order valence-corrected chi connectivity index (χ1v) is 4.74. The number of likely N-dealkylation sites (N-methyl/N-ethyl adjacent to an activating group) is 1. The van der Waals surface area contributed by atoms with Crippen LogP contribution in [0.1, 0.15) is 17.3 Å². The van der Waals surface area contributed by atoms with E-state index in [9.17, 15) is 4.79 Å². The van der Waals surface area contributed by atoms with Gasteiger partial charge in [0.1, 0.15) is 0 Å². The molecule has 0 aromatic heterocycles. The van der Waals surface area contributed by atoms with E-state index in [1.807, 2.05) is 6.92 Å². The van der Waals surface area contributed by atoms with Crippen LogP contribution in [0.15, 0.2) is 24.3 Å². The quantitative estimate of drug-likeness (QED) is 0.782. The van der Waals surface area contributed by atoms with Crippen LogP contribution in [0.4, 0.5) is 5.69 Å². The number of aliphatic hydroxyl groups excluding tert-OH is 1. The average molecular weight is 209 g/mol. The molecule has 0 radical (unpaired) electrons. The van der Waals surface area contributed by atoms with E-state index in [2.05, 4.69) is 0 Å². The number of rotatable bonds is 4. The Kier molecular flexibility index (Phi) is 3.68. The van der Waals surface area contributed by atoms with Gasteiger partial charge in [0.25, 0.3) is 0 Å². The topological polar surface area (TPSA) is 60.8 Å². The smallest absolute Gasteiger partial charge is 0.337 e. The van der Waals surface area contributed by atoms with Crippen molar-refractivity contribution >= 4 is 11.7 Å². The van der Waals surface area contributed by atoms with Crippen LogP contribution in [-0.4, -0.2) is 35.9 Å². The van der Waals surface area contributed by atoms with Crippen LogP contribution in [0, 0.1) is 0 Å². The van der Waals surface area contributed by atoms with Gasteiger partial charge < -0.3 is 15.1 Å². The summed E-state index contributed by atoms with van der Waals surface area (Å²) >= 11 is 0. The Hall–Kier alpha value is -1.55. The molecule has 0 aliphatic heterocycles. The van der Waals surface area contributed by atoms with Gasteiger partial charge in [0, 0.05) is 13.1 Å². The molecule has 0 fully saturated rings. The van der Waals surface area contributed by atoms with Gasteiger partial charge >= 0.3 is 5.97 Å². The summed E-state index contributed by atoms with van der Waals surface area (Å²) in [5.74, 6) is -0.956. The third-order valence-electron chi connectivity index (χ3n) is 2.44. The van der Waals surface area contributed by atoms with E-state index in [0.29, 0.717) is 5.69 Å². The van der Waals surface area contributed by atoms with Crippen LogP contribution in [0.3, 0.4) is 0 Å². The molecule has 0 bridgehead atoms. The lowest BCUT2D eigenvalue weighted by molar-refractivity contribution is 0.0697. The Morgan fingerprint density at radius 1 is 1.47 bits per heavy atom. The van der Waals surface area contributed by atoms with E-state index >= 15 is 0 Å². The molecule has 1 aromatic rings. The summed E-state index contributed by atoms with van der Waals surface area (Å²) < 4.78 is 0. The lowest BCUT2D eigenvalue weighted by Crippen LogP contribution is -2.32. The van der Waals surface area contributed by atoms with Crippen molar-refractivity contribution in [3.63, 3.8) is 0 Å². The van der Waals surface area contributed by atoms with E-state index in [1.165, 1.54) is 0 Å². The van der Waals surface area contributed by atoms with Gasteiger partial charge in [0.15, 0.2) is 0 Å². The Labute approximate surface area is 88.8 Å². The van der Waals surface area contributed by atoms with Crippen molar-refractivity contribution in [2.24, 2.45) is 0 Å². The number of hydrogen-bond acceptors (Lipinski definition) is 3. The normalized spacial score (nSPS) is 12.2. The van der Waals surface area contributed by atoms with Gasteiger partial charge in [0.05, 0.1) is 17.9 Å². The zero-order chi connectivity index (χ0) is 11.4. The molecule has 82 valence electrons. The number of anilines is 1. The minimum atomic E-state index is -0.956. The molecule has 1 aromatic carbocycles. The number of carboxylic acids is 1. The largest absolute Gasteiger partial charge is 0.478 e. The van der Waals surface area contributed by atoms with Crippen molar-refractivity contribution in [3.05, 3.63) is 29.8 Å². The molecule has 0 saturated carbocycles. The van der Waals surface area contributed by atoms with Crippen LogP contribution in [-0.2, 0) is 0 Å². The molecule has 4 heteroatoms. The second kappa shape index (κ2) is 4.79.